The van der Waals surface area contributed by atoms with Gasteiger partial charge >= 0.3 is 0 Å². The number of rotatable bonds is 1. The quantitative estimate of drug-likeness (QED) is 0.317. The van der Waals surface area contributed by atoms with E-state index in [0.29, 0.717) is 16.8 Å². The number of nitrogens with zero attached hydrogens (tertiary/aromatic N) is 1. The van der Waals surface area contributed by atoms with E-state index < -0.39 is 13.7 Å². The standard InChI is InChI=1S/C23H19NOS/c1-12-10-18(24-11-13(12)2)16-6-5-7-17-22-19(25-23(16)17)8-9-20-21(22)14(3)15(4)26-20/h5-11H,1-4H3/i1D3,2D3. The van der Waals surface area contributed by atoms with Crippen LogP contribution in [-0.2, 0) is 0 Å². The molecule has 5 rings (SSSR count). The summed E-state index contributed by atoms with van der Waals surface area (Å²) in [5, 5.41) is 3.10. The second kappa shape index (κ2) is 5.42. The van der Waals surface area contributed by atoms with E-state index in [4.69, 9.17) is 12.6 Å². The zero-order chi connectivity index (χ0) is 23.0. The van der Waals surface area contributed by atoms with Crippen LogP contribution in [0.25, 0.3) is 43.3 Å². The average Bonchev–Trinajstić information content (AvgIpc) is 3.23. The number of thiophene rings is 1. The number of pyridine rings is 1. The van der Waals surface area contributed by atoms with Crippen molar-refractivity contribution < 1.29 is 12.6 Å². The van der Waals surface area contributed by atoms with Gasteiger partial charge in [0.25, 0.3) is 0 Å². The highest BCUT2D eigenvalue weighted by Gasteiger charge is 2.17. The molecule has 0 spiro atoms. The number of hydrogen-bond donors (Lipinski definition) is 0. The largest absolute Gasteiger partial charge is 0.455 e. The van der Waals surface area contributed by atoms with Crippen LogP contribution in [0.3, 0.4) is 0 Å². The van der Waals surface area contributed by atoms with Gasteiger partial charge < -0.3 is 4.42 Å². The molecular formula is C23H19NOS. The Morgan fingerprint density at radius 3 is 2.77 bits per heavy atom. The Kier molecular flexibility index (Phi) is 2.19. The molecule has 0 amide bonds. The van der Waals surface area contributed by atoms with Crippen LogP contribution in [0.4, 0.5) is 0 Å². The molecule has 3 heteroatoms. The number of benzene rings is 2. The summed E-state index contributed by atoms with van der Waals surface area (Å²) in [5.74, 6) is 0. The molecule has 0 unspecified atom stereocenters. The van der Waals surface area contributed by atoms with E-state index in [1.165, 1.54) is 21.2 Å². The monoisotopic (exact) mass is 363 g/mol. The molecule has 2 aromatic carbocycles. The van der Waals surface area contributed by atoms with Crippen LogP contribution in [0.15, 0.2) is 47.0 Å². The summed E-state index contributed by atoms with van der Waals surface area (Å²) in [4.78, 5) is 5.58. The molecule has 0 saturated heterocycles. The molecular weight excluding hydrogens is 338 g/mol. The second-order valence-electron chi connectivity index (χ2n) is 6.49. The van der Waals surface area contributed by atoms with Gasteiger partial charge in [0.1, 0.15) is 11.2 Å². The van der Waals surface area contributed by atoms with Crippen LogP contribution in [0.2, 0.25) is 0 Å². The van der Waals surface area contributed by atoms with Gasteiger partial charge in [0.2, 0.25) is 0 Å². The minimum atomic E-state index is -2.58. The van der Waals surface area contributed by atoms with E-state index >= 15 is 0 Å². The lowest BCUT2D eigenvalue weighted by molar-refractivity contribution is 0.670. The summed E-state index contributed by atoms with van der Waals surface area (Å²) in [5.41, 5.74) is 3.07. The fraction of sp³-hybridized carbons (Fsp3) is 0.174. The minimum absolute atomic E-state index is 0.220. The Morgan fingerprint density at radius 1 is 1.04 bits per heavy atom. The molecule has 128 valence electrons. The predicted molar refractivity (Wildman–Crippen MR) is 111 cm³/mol. The molecule has 5 aromatic rings. The molecule has 0 fully saturated rings. The molecule has 0 aliphatic heterocycles. The highest BCUT2D eigenvalue weighted by molar-refractivity contribution is 7.19. The number of aromatic nitrogens is 1. The van der Waals surface area contributed by atoms with Crippen LogP contribution in [0.1, 0.15) is 29.8 Å². The summed E-state index contributed by atoms with van der Waals surface area (Å²) in [7, 11) is 0. The number of furan rings is 1. The third-order valence-electron chi connectivity index (χ3n) is 4.97. The number of para-hydroxylation sites is 1. The van der Waals surface area contributed by atoms with E-state index in [9.17, 15) is 0 Å². The summed E-state index contributed by atoms with van der Waals surface area (Å²) in [6.07, 6.45) is 1.15. The van der Waals surface area contributed by atoms with E-state index in [1.54, 1.807) is 11.3 Å². The highest BCUT2D eigenvalue weighted by atomic mass is 32.1. The lowest BCUT2D eigenvalue weighted by Crippen LogP contribution is -1.88. The Morgan fingerprint density at radius 2 is 1.92 bits per heavy atom. The Balaban J connectivity index is 1.83. The van der Waals surface area contributed by atoms with Crippen molar-refractivity contribution in [3.05, 3.63) is 64.2 Å². The van der Waals surface area contributed by atoms with Gasteiger partial charge in [-0.15, -0.1) is 11.3 Å². The predicted octanol–water partition coefficient (Wildman–Crippen LogP) is 7.10. The summed E-state index contributed by atoms with van der Waals surface area (Å²) < 4.78 is 54.1. The van der Waals surface area contributed by atoms with Crippen molar-refractivity contribution in [2.45, 2.75) is 27.6 Å². The highest BCUT2D eigenvalue weighted by Crippen LogP contribution is 2.42. The second-order valence-corrected chi connectivity index (χ2v) is 7.75. The molecule has 0 bridgehead atoms. The van der Waals surface area contributed by atoms with Crippen LogP contribution in [-0.4, -0.2) is 4.98 Å². The van der Waals surface area contributed by atoms with Crippen molar-refractivity contribution in [3.63, 3.8) is 0 Å². The third-order valence-corrected chi connectivity index (χ3v) is 6.14. The van der Waals surface area contributed by atoms with Crippen LogP contribution in [0.5, 0.6) is 0 Å². The molecule has 2 nitrogen and oxygen atoms in total. The lowest BCUT2D eigenvalue weighted by atomic mass is 10.0. The topological polar surface area (TPSA) is 26.0 Å². The molecule has 0 saturated carbocycles. The van der Waals surface area contributed by atoms with Crippen molar-refractivity contribution in [2.24, 2.45) is 0 Å². The van der Waals surface area contributed by atoms with Crippen molar-refractivity contribution >= 4 is 43.4 Å². The Hall–Kier alpha value is -2.65. The smallest absolute Gasteiger partial charge is 0.144 e. The molecule has 3 heterocycles. The van der Waals surface area contributed by atoms with Gasteiger partial charge in [0.05, 0.1) is 5.69 Å². The number of hydrogen-bond acceptors (Lipinski definition) is 3. The first-order valence-electron chi connectivity index (χ1n) is 11.3. The first kappa shape index (κ1) is 10.5. The van der Waals surface area contributed by atoms with Crippen molar-refractivity contribution in [1.82, 2.24) is 4.98 Å². The molecule has 0 radical (unpaired) electrons. The first-order valence-corrected chi connectivity index (χ1v) is 9.14. The molecule has 0 N–H and O–H groups in total. The van der Waals surface area contributed by atoms with Gasteiger partial charge in [-0.1, -0.05) is 12.1 Å². The van der Waals surface area contributed by atoms with Gasteiger partial charge in [0.15, 0.2) is 0 Å². The van der Waals surface area contributed by atoms with Gasteiger partial charge in [0, 0.05) is 45.7 Å². The first-order chi connectivity index (χ1) is 15.0. The fourth-order valence-corrected chi connectivity index (χ4v) is 4.63. The zero-order valence-electron chi connectivity index (χ0n) is 20.3. The Bertz CT molecular complexity index is 1520. The maximum Gasteiger partial charge on any atom is 0.144 e. The van der Waals surface area contributed by atoms with Crippen molar-refractivity contribution in [2.75, 3.05) is 0 Å². The maximum atomic E-state index is 7.85. The molecule has 0 atom stereocenters. The van der Waals surface area contributed by atoms with E-state index in [0.717, 1.165) is 27.9 Å². The van der Waals surface area contributed by atoms with Gasteiger partial charge in [-0.25, -0.2) is 0 Å². The van der Waals surface area contributed by atoms with E-state index in [-0.39, 0.29) is 11.1 Å². The maximum absolute atomic E-state index is 7.85. The zero-order valence-corrected chi connectivity index (χ0v) is 15.1. The fourth-order valence-electron chi connectivity index (χ4n) is 3.55. The Labute approximate surface area is 164 Å². The van der Waals surface area contributed by atoms with Gasteiger partial charge in [-0.05, 0) is 68.5 Å². The minimum Gasteiger partial charge on any atom is -0.455 e. The number of aryl methyl sites for hydroxylation is 4. The van der Waals surface area contributed by atoms with E-state index in [1.807, 2.05) is 24.3 Å². The SMILES string of the molecule is [2H]C([2H])([2H])c1cnc(-c2cccc3c2oc2ccc4sc(C)c(C)c4c23)cc1C([2H])([2H])[2H]. The summed E-state index contributed by atoms with van der Waals surface area (Å²) in [6.45, 7) is -0.943. The van der Waals surface area contributed by atoms with Crippen LogP contribution < -0.4 is 0 Å². The molecule has 0 aliphatic rings. The van der Waals surface area contributed by atoms with E-state index in [2.05, 4.69) is 24.9 Å². The van der Waals surface area contributed by atoms with Crippen LogP contribution in [0, 0.1) is 27.6 Å². The lowest BCUT2D eigenvalue weighted by Gasteiger charge is -2.05. The van der Waals surface area contributed by atoms with Crippen molar-refractivity contribution in [1.29, 1.82) is 0 Å². The van der Waals surface area contributed by atoms with Crippen LogP contribution >= 0.6 is 11.3 Å². The third kappa shape index (κ3) is 2.07. The molecule has 3 aromatic heterocycles. The van der Waals surface area contributed by atoms with Gasteiger partial charge in [-0.3, -0.25) is 4.98 Å². The van der Waals surface area contributed by atoms with Crippen molar-refractivity contribution in [3.8, 4) is 11.3 Å². The molecule has 26 heavy (non-hydrogen) atoms. The number of fused-ring (bicyclic) bond motifs is 5. The van der Waals surface area contributed by atoms with Gasteiger partial charge in [-0.2, -0.15) is 0 Å². The molecule has 0 aliphatic carbocycles. The summed E-state index contributed by atoms with van der Waals surface area (Å²) in [6, 6.07) is 11.0. The summed E-state index contributed by atoms with van der Waals surface area (Å²) >= 11 is 1.74. The normalized spacial score (nSPS) is 16.2. The average molecular weight is 364 g/mol.